The first-order chi connectivity index (χ1) is 10.2. The second kappa shape index (κ2) is 6.54. The van der Waals surface area contributed by atoms with Gasteiger partial charge in [0.2, 0.25) is 0 Å². The van der Waals surface area contributed by atoms with Gasteiger partial charge >= 0.3 is 0 Å². The van der Waals surface area contributed by atoms with Crippen LogP contribution in [0.5, 0.6) is 0 Å². The maximum absolute atomic E-state index is 12.1. The summed E-state index contributed by atoms with van der Waals surface area (Å²) in [6, 6.07) is 15.8. The predicted molar refractivity (Wildman–Crippen MR) is 88.0 cm³/mol. The molecule has 1 fully saturated rings. The van der Waals surface area contributed by atoms with E-state index in [0.29, 0.717) is 0 Å². The van der Waals surface area contributed by atoms with Gasteiger partial charge in [-0.3, -0.25) is 4.79 Å². The van der Waals surface area contributed by atoms with Crippen molar-refractivity contribution in [1.29, 1.82) is 0 Å². The number of amides is 1. The van der Waals surface area contributed by atoms with Gasteiger partial charge in [-0.2, -0.15) is 0 Å². The molecule has 0 aliphatic carbocycles. The third-order valence-electron chi connectivity index (χ3n) is 3.56. The van der Waals surface area contributed by atoms with Gasteiger partial charge in [0.25, 0.3) is 5.91 Å². The van der Waals surface area contributed by atoms with Crippen LogP contribution in [0.1, 0.15) is 22.3 Å². The Morgan fingerprint density at radius 2 is 1.71 bits per heavy atom. The van der Waals surface area contributed by atoms with Gasteiger partial charge in [-0.05, 0) is 48.4 Å². The summed E-state index contributed by atoms with van der Waals surface area (Å²) in [5.41, 5.74) is 2.02. The average molecular weight is 318 g/mol. The number of benzene rings is 2. The molecule has 4 heteroatoms. The maximum atomic E-state index is 12.1. The van der Waals surface area contributed by atoms with Crippen molar-refractivity contribution in [1.82, 2.24) is 4.90 Å². The molecular formula is C17H16ClNOS. The van der Waals surface area contributed by atoms with Crippen LogP contribution >= 0.6 is 23.4 Å². The quantitative estimate of drug-likeness (QED) is 0.775. The molecule has 1 aliphatic rings. The van der Waals surface area contributed by atoms with E-state index >= 15 is 0 Å². The molecule has 0 saturated carbocycles. The lowest BCUT2D eigenvalue weighted by Crippen LogP contribution is -2.41. The highest BCUT2D eigenvalue weighted by Crippen LogP contribution is 2.24. The van der Waals surface area contributed by atoms with Crippen molar-refractivity contribution in [3.05, 3.63) is 64.7 Å². The smallest absolute Gasteiger partial charge is 0.253 e. The zero-order valence-electron chi connectivity index (χ0n) is 11.6. The van der Waals surface area contributed by atoms with Gasteiger partial charge in [0, 0.05) is 34.3 Å². The first-order valence-corrected chi connectivity index (χ1v) is 8.35. The number of hydrogen-bond donors (Lipinski definition) is 0. The van der Waals surface area contributed by atoms with E-state index in [4.69, 9.17) is 11.6 Å². The van der Waals surface area contributed by atoms with Crippen molar-refractivity contribution in [3.8, 4) is 0 Å². The summed E-state index contributed by atoms with van der Waals surface area (Å²) in [6.45, 7) is 1.79. The SMILES string of the molecule is O=C(c1ccc(SCc2ccc(Cl)cc2)cc1)N1CCC1. The van der Waals surface area contributed by atoms with Crippen LogP contribution in [0.4, 0.5) is 0 Å². The third kappa shape index (κ3) is 3.60. The van der Waals surface area contributed by atoms with Crippen molar-refractivity contribution in [2.45, 2.75) is 17.1 Å². The van der Waals surface area contributed by atoms with E-state index in [1.165, 1.54) is 10.5 Å². The van der Waals surface area contributed by atoms with Crippen LogP contribution in [-0.4, -0.2) is 23.9 Å². The van der Waals surface area contributed by atoms with Crippen LogP contribution in [0.15, 0.2) is 53.4 Å². The van der Waals surface area contributed by atoms with Crippen molar-refractivity contribution in [2.75, 3.05) is 13.1 Å². The number of carbonyl (C=O) groups excluding carboxylic acids is 1. The molecule has 2 nitrogen and oxygen atoms in total. The summed E-state index contributed by atoms with van der Waals surface area (Å²) in [5, 5.41) is 0.762. The molecule has 0 bridgehead atoms. The Kier molecular flexibility index (Phi) is 4.51. The van der Waals surface area contributed by atoms with Crippen LogP contribution in [0.3, 0.4) is 0 Å². The number of nitrogens with zero attached hydrogens (tertiary/aromatic N) is 1. The van der Waals surface area contributed by atoms with E-state index in [-0.39, 0.29) is 5.91 Å². The molecule has 0 aromatic heterocycles. The van der Waals surface area contributed by atoms with Crippen LogP contribution in [-0.2, 0) is 5.75 Å². The summed E-state index contributed by atoms with van der Waals surface area (Å²) >= 11 is 7.64. The highest BCUT2D eigenvalue weighted by Gasteiger charge is 2.21. The molecule has 1 saturated heterocycles. The Morgan fingerprint density at radius 1 is 1.05 bits per heavy atom. The zero-order valence-corrected chi connectivity index (χ0v) is 13.2. The van der Waals surface area contributed by atoms with E-state index in [1.807, 2.05) is 53.4 Å². The fraction of sp³-hybridized carbons (Fsp3) is 0.235. The minimum atomic E-state index is 0.149. The summed E-state index contributed by atoms with van der Waals surface area (Å²) in [6.07, 6.45) is 1.13. The molecule has 0 radical (unpaired) electrons. The molecule has 2 aromatic carbocycles. The van der Waals surface area contributed by atoms with Gasteiger partial charge < -0.3 is 4.90 Å². The standard InChI is InChI=1S/C17H16ClNOS/c18-15-6-2-13(3-7-15)12-21-16-8-4-14(5-9-16)17(20)19-10-1-11-19/h2-9H,1,10-12H2. The second-order valence-corrected chi connectivity index (χ2v) is 6.57. The number of carbonyl (C=O) groups is 1. The van der Waals surface area contributed by atoms with E-state index in [0.717, 1.165) is 35.8 Å². The van der Waals surface area contributed by atoms with Gasteiger partial charge in [-0.25, -0.2) is 0 Å². The van der Waals surface area contributed by atoms with Crippen molar-refractivity contribution >= 4 is 29.3 Å². The maximum Gasteiger partial charge on any atom is 0.253 e. The van der Waals surface area contributed by atoms with Gasteiger partial charge in [0.1, 0.15) is 0 Å². The largest absolute Gasteiger partial charge is 0.339 e. The molecule has 0 N–H and O–H groups in total. The number of halogens is 1. The average Bonchev–Trinajstić information content (AvgIpc) is 2.45. The fourth-order valence-corrected chi connectivity index (χ4v) is 3.12. The van der Waals surface area contributed by atoms with Gasteiger partial charge in [-0.15, -0.1) is 11.8 Å². The zero-order chi connectivity index (χ0) is 14.7. The molecule has 2 aromatic rings. The Morgan fingerprint density at radius 3 is 2.29 bits per heavy atom. The monoisotopic (exact) mass is 317 g/mol. The van der Waals surface area contributed by atoms with Gasteiger partial charge in [0.15, 0.2) is 0 Å². The summed E-state index contributed by atoms with van der Waals surface area (Å²) in [7, 11) is 0. The number of thioether (sulfide) groups is 1. The van der Waals surface area contributed by atoms with E-state index < -0.39 is 0 Å². The van der Waals surface area contributed by atoms with Crippen molar-refractivity contribution < 1.29 is 4.79 Å². The summed E-state index contributed by atoms with van der Waals surface area (Å²) in [5.74, 6) is 1.05. The molecule has 108 valence electrons. The molecule has 3 rings (SSSR count). The predicted octanol–water partition coefficient (Wildman–Crippen LogP) is 4.48. The van der Waals surface area contributed by atoms with Crippen LogP contribution in [0.2, 0.25) is 5.02 Å². The van der Waals surface area contributed by atoms with Crippen molar-refractivity contribution in [3.63, 3.8) is 0 Å². The Balaban J connectivity index is 1.59. The molecule has 1 heterocycles. The second-order valence-electron chi connectivity index (χ2n) is 5.09. The lowest BCUT2D eigenvalue weighted by Gasteiger charge is -2.30. The molecule has 0 atom stereocenters. The highest BCUT2D eigenvalue weighted by molar-refractivity contribution is 7.98. The van der Waals surface area contributed by atoms with Crippen LogP contribution < -0.4 is 0 Å². The molecule has 0 spiro atoms. The summed E-state index contributed by atoms with van der Waals surface area (Å²) in [4.78, 5) is 15.1. The molecule has 1 aliphatic heterocycles. The van der Waals surface area contributed by atoms with Crippen molar-refractivity contribution in [2.24, 2.45) is 0 Å². The van der Waals surface area contributed by atoms with Gasteiger partial charge in [-0.1, -0.05) is 23.7 Å². The topological polar surface area (TPSA) is 20.3 Å². The minimum Gasteiger partial charge on any atom is -0.339 e. The molecule has 21 heavy (non-hydrogen) atoms. The lowest BCUT2D eigenvalue weighted by atomic mass is 10.1. The molecule has 1 amide bonds. The Bertz CT molecular complexity index is 620. The molecule has 0 unspecified atom stereocenters. The van der Waals surface area contributed by atoms with Crippen LogP contribution in [0.25, 0.3) is 0 Å². The number of likely N-dealkylation sites (tertiary alicyclic amines) is 1. The highest BCUT2D eigenvalue weighted by atomic mass is 35.5. The Hall–Kier alpha value is -1.45. The first kappa shape index (κ1) is 14.5. The van der Waals surface area contributed by atoms with E-state index in [2.05, 4.69) is 0 Å². The number of rotatable bonds is 4. The van der Waals surface area contributed by atoms with E-state index in [9.17, 15) is 4.79 Å². The Labute approximate surface area is 134 Å². The lowest BCUT2D eigenvalue weighted by molar-refractivity contribution is 0.0652. The minimum absolute atomic E-state index is 0.149. The van der Waals surface area contributed by atoms with Gasteiger partial charge in [0.05, 0.1) is 0 Å². The van der Waals surface area contributed by atoms with Crippen LogP contribution in [0, 0.1) is 0 Å². The first-order valence-electron chi connectivity index (χ1n) is 6.99. The summed E-state index contributed by atoms with van der Waals surface area (Å²) < 4.78 is 0. The number of hydrogen-bond acceptors (Lipinski definition) is 2. The normalized spacial score (nSPS) is 13.9. The van der Waals surface area contributed by atoms with E-state index in [1.54, 1.807) is 11.8 Å². The third-order valence-corrected chi connectivity index (χ3v) is 4.90. The fourth-order valence-electron chi connectivity index (χ4n) is 2.14. The molecular weight excluding hydrogens is 302 g/mol.